The highest BCUT2D eigenvalue weighted by Gasteiger charge is 2.12. The molecule has 2 N–H and O–H groups in total. The molecule has 0 aliphatic carbocycles. The maximum atomic E-state index is 12.0. The van der Waals surface area contributed by atoms with Crippen molar-refractivity contribution in [3.05, 3.63) is 23.8 Å². The number of carbonyl (C=O) groups is 1. The van der Waals surface area contributed by atoms with Crippen LogP contribution in [0.4, 0.5) is 0 Å². The summed E-state index contributed by atoms with van der Waals surface area (Å²) in [6.07, 6.45) is 0.0556. The molecule has 120 valence electrons. The lowest BCUT2D eigenvalue weighted by Crippen LogP contribution is -2.37. The lowest BCUT2D eigenvalue weighted by Gasteiger charge is -2.15. The summed E-state index contributed by atoms with van der Waals surface area (Å²) >= 11 is 0. The third kappa shape index (κ3) is 6.23. The van der Waals surface area contributed by atoms with E-state index in [1.165, 1.54) is 0 Å². The normalized spacial score (nSPS) is 11.5. The van der Waals surface area contributed by atoms with Gasteiger partial charge in [-0.15, -0.1) is 12.4 Å². The summed E-state index contributed by atoms with van der Waals surface area (Å²) in [6.45, 7) is 6.46. The van der Waals surface area contributed by atoms with E-state index in [0.717, 1.165) is 0 Å². The van der Waals surface area contributed by atoms with E-state index in [0.29, 0.717) is 23.6 Å². The third-order valence-corrected chi connectivity index (χ3v) is 2.85. The molecule has 0 saturated heterocycles. The number of rotatable bonds is 7. The molecule has 0 radical (unpaired) electrons. The predicted molar refractivity (Wildman–Crippen MR) is 86.9 cm³/mol. The van der Waals surface area contributed by atoms with Crippen molar-refractivity contribution in [2.45, 2.75) is 32.9 Å². The van der Waals surface area contributed by atoms with Crippen LogP contribution in [0.25, 0.3) is 0 Å². The Morgan fingerprint density at radius 2 is 1.90 bits per heavy atom. The van der Waals surface area contributed by atoms with Crippen LogP contribution in [0, 0.1) is 0 Å². The van der Waals surface area contributed by atoms with Crippen LogP contribution in [-0.2, 0) is 0 Å². The smallest absolute Gasteiger partial charge is 0.251 e. The Morgan fingerprint density at radius 3 is 2.43 bits per heavy atom. The number of hydrogen-bond acceptors (Lipinski definition) is 4. The first-order valence-corrected chi connectivity index (χ1v) is 6.78. The number of likely N-dealkylation sites (N-methyl/N-ethyl adjacent to an activating group) is 1. The topological polar surface area (TPSA) is 59.6 Å². The lowest BCUT2D eigenvalue weighted by atomic mass is 10.2. The maximum absolute atomic E-state index is 12.0. The molecule has 5 nitrogen and oxygen atoms in total. The van der Waals surface area contributed by atoms with Gasteiger partial charge in [0, 0.05) is 18.2 Å². The number of nitrogens with one attached hydrogen (secondary N) is 2. The Kier molecular flexibility index (Phi) is 8.81. The van der Waals surface area contributed by atoms with Gasteiger partial charge in [-0.25, -0.2) is 0 Å². The second kappa shape index (κ2) is 9.47. The Labute approximate surface area is 132 Å². The largest absolute Gasteiger partial charge is 0.493 e. The first kappa shape index (κ1) is 19.5. The van der Waals surface area contributed by atoms with Crippen molar-refractivity contribution in [1.29, 1.82) is 0 Å². The molecule has 0 aromatic heterocycles. The van der Waals surface area contributed by atoms with E-state index in [9.17, 15) is 4.79 Å². The van der Waals surface area contributed by atoms with Crippen molar-refractivity contribution in [2.24, 2.45) is 0 Å². The molecule has 0 aliphatic rings. The number of hydrogen-bond donors (Lipinski definition) is 2. The number of carbonyl (C=O) groups excluding carboxylic acids is 1. The Hall–Kier alpha value is -1.46. The van der Waals surface area contributed by atoms with E-state index in [-0.39, 0.29) is 30.5 Å². The third-order valence-electron chi connectivity index (χ3n) is 2.85. The van der Waals surface area contributed by atoms with Gasteiger partial charge in [0.1, 0.15) is 0 Å². The summed E-state index contributed by atoms with van der Waals surface area (Å²) in [6, 6.07) is 5.41. The van der Waals surface area contributed by atoms with Crippen molar-refractivity contribution in [1.82, 2.24) is 10.6 Å². The van der Waals surface area contributed by atoms with Crippen molar-refractivity contribution >= 4 is 18.3 Å². The number of amides is 1. The van der Waals surface area contributed by atoms with Crippen LogP contribution in [-0.4, -0.2) is 38.8 Å². The van der Waals surface area contributed by atoms with Crippen LogP contribution in [0.3, 0.4) is 0 Å². The molecule has 1 unspecified atom stereocenters. The van der Waals surface area contributed by atoms with Gasteiger partial charge in [0.25, 0.3) is 5.91 Å². The predicted octanol–water partition coefficient (Wildman–Crippen LogP) is 2.24. The fourth-order valence-corrected chi connectivity index (χ4v) is 1.61. The van der Waals surface area contributed by atoms with Gasteiger partial charge in [0.05, 0.1) is 13.2 Å². The van der Waals surface area contributed by atoms with Gasteiger partial charge < -0.3 is 20.1 Å². The van der Waals surface area contributed by atoms with Gasteiger partial charge in [-0.2, -0.15) is 0 Å². The first-order chi connectivity index (χ1) is 9.47. The molecule has 0 aliphatic heterocycles. The molecule has 6 heteroatoms. The lowest BCUT2D eigenvalue weighted by molar-refractivity contribution is 0.0950. The zero-order valence-corrected chi connectivity index (χ0v) is 14.0. The SMILES string of the molecule is CNC(C)CNC(=O)c1ccc(OC(C)C)c(OC)c1.Cl. The first-order valence-electron chi connectivity index (χ1n) is 6.78. The minimum Gasteiger partial charge on any atom is -0.493 e. The van der Waals surface area contributed by atoms with E-state index < -0.39 is 0 Å². The molecule has 0 saturated carbocycles. The Morgan fingerprint density at radius 1 is 1.24 bits per heavy atom. The Bertz CT molecular complexity index is 453. The van der Waals surface area contributed by atoms with E-state index >= 15 is 0 Å². The van der Waals surface area contributed by atoms with Gasteiger partial charge >= 0.3 is 0 Å². The molecule has 1 aromatic rings. The van der Waals surface area contributed by atoms with Crippen molar-refractivity contribution in [3.63, 3.8) is 0 Å². The minimum atomic E-state index is -0.124. The van der Waals surface area contributed by atoms with Crippen LogP contribution >= 0.6 is 12.4 Å². The van der Waals surface area contributed by atoms with E-state index in [1.54, 1.807) is 25.3 Å². The van der Waals surface area contributed by atoms with Gasteiger partial charge in [0.15, 0.2) is 11.5 Å². The second-order valence-corrected chi connectivity index (χ2v) is 4.93. The summed E-state index contributed by atoms with van der Waals surface area (Å²) in [7, 11) is 3.42. The monoisotopic (exact) mass is 316 g/mol. The second-order valence-electron chi connectivity index (χ2n) is 4.93. The summed E-state index contributed by atoms with van der Waals surface area (Å²) < 4.78 is 10.9. The van der Waals surface area contributed by atoms with Crippen molar-refractivity contribution < 1.29 is 14.3 Å². The minimum absolute atomic E-state index is 0. The summed E-state index contributed by atoms with van der Waals surface area (Å²) in [5.41, 5.74) is 0.557. The van der Waals surface area contributed by atoms with Gasteiger partial charge in [-0.3, -0.25) is 4.79 Å². The van der Waals surface area contributed by atoms with E-state index in [1.807, 2.05) is 27.8 Å². The highest BCUT2D eigenvalue weighted by Crippen LogP contribution is 2.28. The van der Waals surface area contributed by atoms with Crippen molar-refractivity contribution in [3.8, 4) is 11.5 Å². The molecule has 0 spiro atoms. The molecule has 21 heavy (non-hydrogen) atoms. The number of ether oxygens (including phenoxy) is 2. The molecule has 1 rings (SSSR count). The highest BCUT2D eigenvalue weighted by atomic mass is 35.5. The fourth-order valence-electron chi connectivity index (χ4n) is 1.61. The standard InChI is InChI=1S/C15H24N2O3.ClH/c1-10(2)20-13-7-6-12(8-14(13)19-5)15(18)17-9-11(3)16-4;/h6-8,10-11,16H,9H2,1-5H3,(H,17,18);1H. The van der Waals surface area contributed by atoms with Crippen LogP contribution < -0.4 is 20.1 Å². The van der Waals surface area contributed by atoms with Crippen LogP contribution in [0.1, 0.15) is 31.1 Å². The van der Waals surface area contributed by atoms with Crippen molar-refractivity contribution in [2.75, 3.05) is 20.7 Å². The summed E-state index contributed by atoms with van der Waals surface area (Å²) in [5.74, 6) is 1.08. The van der Waals surface area contributed by atoms with Crippen LogP contribution in [0.2, 0.25) is 0 Å². The summed E-state index contributed by atoms with van der Waals surface area (Å²) in [5, 5.41) is 5.93. The van der Waals surface area contributed by atoms with Gasteiger partial charge in [0.2, 0.25) is 0 Å². The zero-order chi connectivity index (χ0) is 15.1. The molecule has 1 aromatic carbocycles. The molecular weight excluding hydrogens is 292 g/mol. The average Bonchev–Trinajstić information content (AvgIpc) is 2.44. The molecule has 0 heterocycles. The number of halogens is 1. The maximum Gasteiger partial charge on any atom is 0.251 e. The number of methoxy groups -OCH3 is 1. The van der Waals surface area contributed by atoms with Gasteiger partial charge in [-0.1, -0.05) is 0 Å². The van der Waals surface area contributed by atoms with Crippen LogP contribution in [0.5, 0.6) is 11.5 Å². The molecule has 1 amide bonds. The number of benzene rings is 1. The summed E-state index contributed by atoms with van der Waals surface area (Å²) in [4.78, 5) is 12.0. The molecule has 1 atom stereocenters. The highest BCUT2D eigenvalue weighted by molar-refractivity contribution is 5.94. The average molecular weight is 317 g/mol. The molecule has 0 fully saturated rings. The fraction of sp³-hybridized carbons (Fsp3) is 0.533. The molecular formula is C15H25ClN2O3. The molecule has 0 bridgehead atoms. The van der Waals surface area contributed by atoms with E-state index in [2.05, 4.69) is 10.6 Å². The Balaban J connectivity index is 0.00000400. The van der Waals surface area contributed by atoms with Crippen LogP contribution in [0.15, 0.2) is 18.2 Å². The van der Waals surface area contributed by atoms with E-state index in [4.69, 9.17) is 9.47 Å². The quantitative estimate of drug-likeness (QED) is 0.810. The van der Waals surface area contributed by atoms with Gasteiger partial charge in [-0.05, 0) is 46.0 Å². The zero-order valence-electron chi connectivity index (χ0n) is 13.2.